The molecule has 0 bridgehead atoms. The van der Waals surface area contributed by atoms with Gasteiger partial charge in [-0.05, 0) is 40.5 Å². The number of ether oxygens (including phenoxy) is 1. The summed E-state index contributed by atoms with van der Waals surface area (Å²) < 4.78 is 44.1. The van der Waals surface area contributed by atoms with Gasteiger partial charge < -0.3 is 10.1 Å². The molecule has 0 unspecified atom stereocenters. The van der Waals surface area contributed by atoms with Crippen LogP contribution in [0.3, 0.4) is 0 Å². The van der Waals surface area contributed by atoms with Crippen LogP contribution >= 0.6 is 0 Å². The van der Waals surface area contributed by atoms with E-state index in [-0.39, 0.29) is 5.56 Å². The van der Waals surface area contributed by atoms with Gasteiger partial charge in [-0.3, -0.25) is 4.79 Å². The first-order valence-corrected chi connectivity index (χ1v) is 9.55. The van der Waals surface area contributed by atoms with Gasteiger partial charge in [0.25, 0.3) is 5.91 Å². The van der Waals surface area contributed by atoms with Crippen molar-refractivity contribution in [2.24, 2.45) is 0 Å². The molecule has 1 atom stereocenters. The minimum Gasteiger partial charge on any atom is -0.467 e. The Bertz CT molecular complexity index is 1110. The maximum atomic E-state index is 13.0. The molecule has 1 amide bonds. The van der Waals surface area contributed by atoms with Crippen molar-refractivity contribution in [1.29, 1.82) is 0 Å². The summed E-state index contributed by atoms with van der Waals surface area (Å²) in [4.78, 5) is 25.5. The molecule has 1 aliphatic carbocycles. The average molecular weight is 425 g/mol. The third-order valence-electron chi connectivity index (χ3n) is 5.41. The zero-order chi connectivity index (χ0) is 22.2. The normalized spacial score (nSPS) is 13.8. The lowest BCUT2D eigenvalue weighted by molar-refractivity contribution is -0.143. The summed E-state index contributed by atoms with van der Waals surface area (Å²) in [6, 6.07) is 18.0. The Morgan fingerprint density at radius 3 is 2.03 bits per heavy atom. The van der Waals surface area contributed by atoms with Gasteiger partial charge in [0.1, 0.15) is 6.04 Å². The molecule has 0 aromatic heterocycles. The monoisotopic (exact) mass is 425 g/mol. The summed E-state index contributed by atoms with van der Waals surface area (Å²) >= 11 is 0. The summed E-state index contributed by atoms with van der Waals surface area (Å²) in [7, 11) is 1.21. The van der Waals surface area contributed by atoms with Gasteiger partial charge in [-0.1, -0.05) is 54.6 Å². The molecule has 3 aromatic rings. The first-order chi connectivity index (χ1) is 14.8. The van der Waals surface area contributed by atoms with Crippen LogP contribution < -0.4 is 5.32 Å². The number of hydrogen-bond acceptors (Lipinski definition) is 3. The first-order valence-electron chi connectivity index (χ1n) is 9.55. The Morgan fingerprint density at radius 1 is 0.903 bits per heavy atom. The fourth-order valence-corrected chi connectivity index (χ4v) is 4.02. The number of carbonyl (C=O) groups is 2. The van der Waals surface area contributed by atoms with Gasteiger partial charge in [-0.15, -0.1) is 0 Å². The van der Waals surface area contributed by atoms with Crippen LogP contribution in [0.1, 0.15) is 33.0 Å². The van der Waals surface area contributed by atoms with E-state index >= 15 is 0 Å². The van der Waals surface area contributed by atoms with Crippen molar-refractivity contribution in [3.63, 3.8) is 0 Å². The van der Waals surface area contributed by atoms with Crippen molar-refractivity contribution < 1.29 is 27.5 Å². The number of fused-ring (bicyclic) bond motifs is 3. The van der Waals surface area contributed by atoms with Crippen LogP contribution in [0.15, 0.2) is 72.8 Å². The summed E-state index contributed by atoms with van der Waals surface area (Å²) in [6.45, 7) is 0. The molecule has 4 nitrogen and oxygen atoms in total. The van der Waals surface area contributed by atoms with Crippen molar-refractivity contribution in [1.82, 2.24) is 5.32 Å². The maximum absolute atomic E-state index is 13.0. The van der Waals surface area contributed by atoms with E-state index in [1.54, 1.807) is 0 Å². The second-order valence-electron chi connectivity index (χ2n) is 7.21. The van der Waals surface area contributed by atoms with Gasteiger partial charge >= 0.3 is 12.1 Å². The number of amides is 1. The van der Waals surface area contributed by atoms with E-state index in [0.717, 1.165) is 40.5 Å². The lowest BCUT2D eigenvalue weighted by Gasteiger charge is -2.24. The fourth-order valence-electron chi connectivity index (χ4n) is 4.02. The van der Waals surface area contributed by atoms with Gasteiger partial charge in [0.05, 0.1) is 12.7 Å². The number of hydrogen-bond donors (Lipinski definition) is 1. The summed E-state index contributed by atoms with van der Waals surface area (Å²) in [5.74, 6) is -2.00. The molecule has 1 aliphatic rings. The van der Waals surface area contributed by atoms with E-state index in [1.165, 1.54) is 13.2 Å². The lowest BCUT2D eigenvalue weighted by atomic mass is 9.89. The van der Waals surface area contributed by atoms with Crippen molar-refractivity contribution in [2.75, 3.05) is 7.11 Å². The molecule has 0 spiro atoms. The standard InChI is InChI=1S/C24H18F3NO3/c1-31-23(30)21(28-22(29)14-7-6-8-15(13-14)24(25,26)27)20-18-11-4-2-9-16(18)17-10-3-5-12-19(17)20/h2-13,20-21H,1H3,(H,28,29)/t21-/m1/s1. The van der Waals surface area contributed by atoms with Gasteiger partial charge in [-0.2, -0.15) is 13.2 Å². The summed E-state index contributed by atoms with van der Waals surface area (Å²) in [5, 5.41) is 2.61. The van der Waals surface area contributed by atoms with E-state index in [0.29, 0.717) is 0 Å². The molecule has 0 aliphatic heterocycles. The number of benzene rings is 3. The molecular weight excluding hydrogens is 407 g/mol. The number of methoxy groups -OCH3 is 1. The number of rotatable bonds is 4. The number of carbonyl (C=O) groups excluding carboxylic acids is 2. The molecule has 0 saturated heterocycles. The van der Waals surface area contributed by atoms with Crippen LogP contribution in [0.5, 0.6) is 0 Å². The van der Waals surface area contributed by atoms with Crippen molar-refractivity contribution in [3.05, 3.63) is 95.1 Å². The average Bonchev–Trinajstić information content (AvgIpc) is 3.10. The Hall–Kier alpha value is -3.61. The van der Waals surface area contributed by atoms with Crippen molar-refractivity contribution >= 4 is 11.9 Å². The third kappa shape index (κ3) is 3.79. The third-order valence-corrected chi connectivity index (χ3v) is 5.41. The number of esters is 1. The highest BCUT2D eigenvalue weighted by Crippen LogP contribution is 2.46. The van der Waals surface area contributed by atoms with Crippen molar-refractivity contribution in [2.45, 2.75) is 18.1 Å². The predicted octanol–water partition coefficient (Wildman–Crippen LogP) is 4.79. The SMILES string of the molecule is COC(=O)[C@H](NC(=O)c1cccc(C(F)(F)F)c1)C1c2ccccc2-c2ccccc21. The summed E-state index contributed by atoms with van der Waals surface area (Å²) in [5.41, 5.74) is 2.41. The Kier molecular flexibility index (Phi) is 5.27. The van der Waals surface area contributed by atoms with Crippen LogP contribution in [0.25, 0.3) is 11.1 Å². The number of alkyl halides is 3. The fraction of sp³-hybridized carbons (Fsp3) is 0.167. The van der Waals surface area contributed by atoms with Crippen LogP contribution in [0.4, 0.5) is 13.2 Å². The molecule has 158 valence electrons. The maximum Gasteiger partial charge on any atom is 0.416 e. The highest BCUT2D eigenvalue weighted by atomic mass is 19.4. The quantitative estimate of drug-likeness (QED) is 0.612. The van der Waals surface area contributed by atoms with Crippen LogP contribution in [0, 0.1) is 0 Å². The van der Waals surface area contributed by atoms with Crippen LogP contribution in [-0.4, -0.2) is 25.0 Å². The number of nitrogens with one attached hydrogen (secondary N) is 1. The topological polar surface area (TPSA) is 55.4 Å². The molecule has 0 fully saturated rings. The van der Waals surface area contributed by atoms with Crippen LogP contribution in [-0.2, 0) is 15.7 Å². The number of halogens is 3. The molecule has 0 saturated carbocycles. The molecule has 0 radical (unpaired) electrons. The van der Waals surface area contributed by atoms with E-state index in [2.05, 4.69) is 5.32 Å². The van der Waals surface area contributed by atoms with Gasteiger partial charge in [0.15, 0.2) is 0 Å². The summed E-state index contributed by atoms with van der Waals surface area (Å²) in [6.07, 6.45) is -4.58. The highest BCUT2D eigenvalue weighted by molar-refractivity contribution is 5.98. The zero-order valence-electron chi connectivity index (χ0n) is 16.4. The van der Waals surface area contributed by atoms with E-state index in [4.69, 9.17) is 4.74 Å². The Morgan fingerprint density at radius 2 is 1.48 bits per heavy atom. The second-order valence-corrected chi connectivity index (χ2v) is 7.21. The smallest absolute Gasteiger partial charge is 0.416 e. The molecule has 4 rings (SSSR count). The second kappa shape index (κ2) is 7.91. The van der Waals surface area contributed by atoms with Gasteiger partial charge in [0.2, 0.25) is 0 Å². The molecule has 31 heavy (non-hydrogen) atoms. The highest BCUT2D eigenvalue weighted by Gasteiger charge is 2.40. The lowest BCUT2D eigenvalue weighted by Crippen LogP contribution is -2.45. The van der Waals surface area contributed by atoms with Gasteiger partial charge in [-0.25, -0.2) is 4.79 Å². The minimum absolute atomic E-state index is 0.191. The minimum atomic E-state index is -4.58. The molecular formula is C24H18F3NO3. The molecule has 3 aromatic carbocycles. The Labute approximate surface area is 176 Å². The zero-order valence-corrected chi connectivity index (χ0v) is 16.4. The van der Waals surface area contributed by atoms with Crippen molar-refractivity contribution in [3.8, 4) is 11.1 Å². The molecule has 7 heteroatoms. The molecule has 0 heterocycles. The largest absolute Gasteiger partial charge is 0.467 e. The molecule has 1 N–H and O–H groups in total. The Balaban J connectivity index is 1.73. The van der Waals surface area contributed by atoms with E-state index in [1.807, 2.05) is 48.5 Å². The van der Waals surface area contributed by atoms with E-state index < -0.39 is 35.6 Å². The predicted molar refractivity (Wildman–Crippen MR) is 108 cm³/mol. The van der Waals surface area contributed by atoms with Gasteiger partial charge in [0, 0.05) is 11.5 Å². The van der Waals surface area contributed by atoms with Crippen LogP contribution in [0.2, 0.25) is 0 Å². The van der Waals surface area contributed by atoms with E-state index in [9.17, 15) is 22.8 Å². The first kappa shape index (κ1) is 20.7.